The molecule has 0 saturated heterocycles. The van der Waals surface area contributed by atoms with Crippen molar-refractivity contribution in [3.8, 4) is 0 Å². The predicted molar refractivity (Wildman–Crippen MR) is 60.2 cm³/mol. The van der Waals surface area contributed by atoms with Crippen molar-refractivity contribution in [1.29, 1.82) is 0 Å². The molecule has 0 aliphatic heterocycles. The van der Waals surface area contributed by atoms with Crippen LogP contribution in [-0.2, 0) is 17.8 Å². The Balaban J connectivity index is 2.87. The average Bonchev–Trinajstić information content (AvgIpc) is 2.39. The van der Waals surface area contributed by atoms with Gasteiger partial charge in [0, 0.05) is 17.9 Å². The molecule has 0 aromatic carbocycles. The Kier molecular flexibility index (Phi) is 3.95. The number of carboxylic acids is 1. The Morgan fingerprint density at radius 1 is 1.47 bits per heavy atom. The number of aryl methyl sites for hydroxylation is 1. The molecule has 3 nitrogen and oxygen atoms in total. The first kappa shape index (κ1) is 11.8. The smallest absolute Gasteiger partial charge is 0.307 e. The highest BCUT2D eigenvalue weighted by Crippen LogP contribution is 2.16. The van der Waals surface area contributed by atoms with E-state index in [1.807, 2.05) is 19.9 Å². The molecule has 15 heavy (non-hydrogen) atoms. The molecule has 1 N–H and O–H groups in total. The average molecular weight is 209 g/mol. The molecule has 1 aromatic heterocycles. The maximum Gasteiger partial charge on any atom is 0.307 e. The maximum atomic E-state index is 10.6. The molecule has 1 heterocycles. The van der Waals surface area contributed by atoms with E-state index < -0.39 is 5.97 Å². The molecule has 1 aromatic rings. The van der Waals surface area contributed by atoms with Crippen LogP contribution in [0.25, 0.3) is 0 Å². The van der Waals surface area contributed by atoms with E-state index in [1.54, 1.807) is 0 Å². The van der Waals surface area contributed by atoms with Gasteiger partial charge in [0.15, 0.2) is 0 Å². The van der Waals surface area contributed by atoms with E-state index in [0.717, 1.165) is 36.3 Å². The standard InChI is InChI=1S/C12H19NO2/c1-4-5-6-13-9(2)7-11(10(13)3)8-12(14)15/h7H,4-6,8H2,1-3H3,(H,14,15). The third-order valence-electron chi connectivity index (χ3n) is 2.76. The monoisotopic (exact) mass is 209 g/mol. The Hall–Kier alpha value is -1.25. The molecule has 0 aliphatic carbocycles. The summed E-state index contributed by atoms with van der Waals surface area (Å²) < 4.78 is 2.21. The lowest BCUT2D eigenvalue weighted by Gasteiger charge is -2.08. The van der Waals surface area contributed by atoms with Gasteiger partial charge >= 0.3 is 5.97 Å². The lowest BCUT2D eigenvalue weighted by Crippen LogP contribution is -2.05. The van der Waals surface area contributed by atoms with Crippen molar-refractivity contribution in [3.63, 3.8) is 0 Å². The minimum absolute atomic E-state index is 0.131. The number of carboxylic acid groups (broad SMARTS) is 1. The summed E-state index contributed by atoms with van der Waals surface area (Å²) in [6.45, 7) is 7.19. The zero-order chi connectivity index (χ0) is 11.4. The number of unbranched alkanes of at least 4 members (excludes halogenated alkanes) is 1. The van der Waals surface area contributed by atoms with Crippen molar-refractivity contribution in [2.24, 2.45) is 0 Å². The molecule has 0 unspecified atom stereocenters. The van der Waals surface area contributed by atoms with E-state index in [4.69, 9.17) is 5.11 Å². The fraction of sp³-hybridized carbons (Fsp3) is 0.583. The van der Waals surface area contributed by atoms with Gasteiger partial charge in [-0.25, -0.2) is 0 Å². The summed E-state index contributed by atoms with van der Waals surface area (Å²) in [5, 5.41) is 8.76. The molecule has 1 rings (SSSR count). The van der Waals surface area contributed by atoms with Gasteiger partial charge in [0.2, 0.25) is 0 Å². The summed E-state index contributed by atoms with van der Waals surface area (Å²) in [5.74, 6) is -0.759. The molecule has 84 valence electrons. The van der Waals surface area contributed by atoms with Crippen LogP contribution in [0.3, 0.4) is 0 Å². The van der Waals surface area contributed by atoms with Crippen LogP contribution < -0.4 is 0 Å². The summed E-state index contributed by atoms with van der Waals surface area (Å²) in [5.41, 5.74) is 3.21. The first-order chi connectivity index (χ1) is 7.06. The summed E-state index contributed by atoms with van der Waals surface area (Å²) in [4.78, 5) is 10.6. The van der Waals surface area contributed by atoms with Crippen LogP contribution >= 0.6 is 0 Å². The lowest BCUT2D eigenvalue weighted by atomic mass is 10.2. The maximum absolute atomic E-state index is 10.6. The predicted octanol–water partition coefficient (Wildman–Crippen LogP) is 2.53. The third-order valence-corrected chi connectivity index (χ3v) is 2.76. The number of aliphatic carboxylic acids is 1. The van der Waals surface area contributed by atoms with Crippen LogP contribution in [0, 0.1) is 13.8 Å². The second-order valence-electron chi connectivity index (χ2n) is 3.97. The van der Waals surface area contributed by atoms with Crippen LogP contribution in [0.1, 0.15) is 36.7 Å². The molecule has 0 bridgehead atoms. The van der Waals surface area contributed by atoms with E-state index >= 15 is 0 Å². The van der Waals surface area contributed by atoms with Crippen molar-refractivity contribution in [3.05, 3.63) is 23.0 Å². The van der Waals surface area contributed by atoms with Crippen LogP contribution in [0.5, 0.6) is 0 Å². The van der Waals surface area contributed by atoms with Crippen molar-refractivity contribution in [2.75, 3.05) is 0 Å². The lowest BCUT2D eigenvalue weighted by molar-refractivity contribution is -0.136. The molecule has 0 fully saturated rings. The molecule has 3 heteroatoms. The second kappa shape index (κ2) is 5.01. The number of nitrogens with zero attached hydrogens (tertiary/aromatic N) is 1. The zero-order valence-electron chi connectivity index (χ0n) is 9.71. The van der Waals surface area contributed by atoms with E-state index in [2.05, 4.69) is 11.5 Å². The Morgan fingerprint density at radius 2 is 2.13 bits per heavy atom. The molecule has 0 spiro atoms. The quantitative estimate of drug-likeness (QED) is 0.809. The van der Waals surface area contributed by atoms with Gasteiger partial charge in [-0.15, -0.1) is 0 Å². The van der Waals surface area contributed by atoms with Crippen LogP contribution in [0.2, 0.25) is 0 Å². The van der Waals surface area contributed by atoms with Gasteiger partial charge in [-0.1, -0.05) is 13.3 Å². The summed E-state index contributed by atoms with van der Waals surface area (Å²) >= 11 is 0. The van der Waals surface area contributed by atoms with E-state index in [0.29, 0.717) is 0 Å². The van der Waals surface area contributed by atoms with Crippen LogP contribution in [-0.4, -0.2) is 15.6 Å². The fourth-order valence-electron chi connectivity index (χ4n) is 1.87. The third kappa shape index (κ3) is 2.85. The van der Waals surface area contributed by atoms with Gasteiger partial charge in [0.25, 0.3) is 0 Å². The summed E-state index contributed by atoms with van der Waals surface area (Å²) in [6.07, 6.45) is 2.43. The normalized spacial score (nSPS) is 10.6. The summed E-state index contributed by atoms with van der Waals surface area (Å²) in [7, 11) is 0. The minimum atomic E-state index is -0.759. The molecular formula is C12H19NO2. The Morgan fingerprint density at radius 3 is 2.67 bits per heavy atom. The summed E-state index contributed by atoms with van der Waals surface area (Å²) in [6, 6.07) is 1.99. The van der Waals surface area contributed by atoms with Crippen molar-refractivity contribution < 1.29 is 9.90 Å². The topological polar surface area (TPSA) is 42.2 Å². The van der Waals surface area contributed by atoms with Crippen molar-refractivity contribution >= 4 is 5.97 Å². The van der Waals surface area contributed by atoms with Crippen molar-refractivity contribution in [1.82, 2.24) is 4.57 Å². The zero-order valence-corrected chi connectivity index (χ0v) is 9.71. The number of aromatic nitrogens is 1. The van der Waals surface area contributed by atoms with E-state index in [9.17, 15) is 4.79 Å². The minimum Gasteiger partial charge on any atom is -0.481 e. The number of carbonyl (C=O) groups is 1. The van der Waals surface area contributed by atoms with Gasteiger partial charge < -0.3 is 9.67 Å². The Labute approximate surface area is 90.7 Å². The number of rotatable bonds is 5. The van der Waals surface area contributed by atoms with Crippen LogP contribution in [0.4, 0.5) is 0 Å². The van der Waals surface area contributed by atoms with Gasteiger partial charge in [-0.3, -0.25) is 4.79 Å². The van der Waals surface area contributed by atoms with E-state index in [1.165, 1.54) is 0 Å². The molecular weight excluding hydrogens is 190 g/mol. The van der Waals surface area contributed by atoms with Gasteiger partial charge in [-0.2, -0.15) is 0 Å². The fourth-order valence-corrected chi connectivity index (χ4v) is 1.87. The van der Waals surface area contributed by atoms with Crippen molar-refractivity contribution in [2.45, 2.75) is 46.6 Å². The Bertz CT molecular complexity index is 353. The van der Waals surface area contributed by atoms with Gasteiger partial charge in [-0.05, 0) is 31.9 Å². The first-order valence-corrected chi connectivity index (χ1v) is 5.43. The van der Waals surface area contributed by atoms with Gasteiger partial charge in [0.1, 0.15) is 0 Å². The van der Waals surface area contributed by atoms with Gasteiger partial charge in [0.05, 0.1) is 6.42 Å². The molecule has 0 saturated carbocycles. The van der Waals surface area contributed by atoms with E-state index in [-0.39, 0.29) is 6.42 Å². The molecule has 0 aliphatic rings. The SMILES string of the molecule is CCCCn1c(C)cc(CC(=O)O)c1C. The molecule has 0 radical (unpaired) electrons. The number of hydrogen-bond acceptors (Lipinski definition) is 1. The molecule has 0 amide bonds. The second-order valence-corrected chi connectivity index (χ2v) is 3.97. The first-order valence-electron chi connectivity index (χ1n) is 5.43. The highest BCUT2D eigenvalue weighted by Gasteiger charge is 2.10. The van der Waals surface area contributed by atoms with Crippen LogP contribution in [0.15, 0.2) is 6.07 Å². The number of hydrogen-bond donors (Lipinski definition) is 1. The highest BCUT2D eigenvalue weighted by molar-refractivity contribution is 5.70. The molecule has 0 atom stereocenters. The highest BCUT2D eigenvalue weighted by atomic mass is 16.4. The largest absolute Gasteiger partial charge is 0.481 e.